The van der Waals surface area contributed by atoms with Gasteiger partial charge in [0, 0.05) is 5.54 Å². The molecule has 20 heavy (non-hydrogen) atoms. The smallest absolute Gasteiger partial charge is 0.299 e. The molecule has 0 spiro atoms. The summed E-state index contributed by atoms with van der Waals surface area (Å²) in [7, 11) is 0. The molecule has 0 aliphatic carbocycles. The second kappa shape index (κ2) is 6.26. The summed E-state index contributed by atoms with van der Waals surface area (Å²) in [5.41, 5.74) is 0.0307. The van der Waals surface area contributed by atoms with Gasteiger partial charge in [-0.1, -0.05) is 45.7 Å². The first kappa shape index (κ1) is 15.5. The minimum atomic E-state index is 0.0307. The number of ether oxygens (including phenoxy) is 1. The van der Waals surface area contributed by atoms with Crippen LogP contribution in [0.3, 0.4) is 0 Å². The number of benzene rings is 1. The fourth-order valence-corrected chi connectivity index (χ4v) is 2.32. The molecule has 0 saturated carbocycles. The molecule has 1 aromatic heterocycles. The zero-order valence-electron chi connectivity index (χ0n) is 11.4. The first-order chi connectivity index (χ1) is 9.35. The Kier molecular flexibility index (Phi) is 4.86. The molecular formula is C13H15Cl2N3OS. The van der Waals surface area contributed by atoms with Crippen LogP contribution >= 0.6 is 34.5 Å². The van der Waals surface area contributed by atoms with Gasteiger partial charge in [-0.25, -0.2) is 0 Å². The summed E-state index contributed by atoms with van der Waals surface area (Å²) in [6.45, 7) is 6.93. The molecule has 0 aliphatic rings. The van der Waals surface area contributed by atoms with Gasteiger partial charge in [-0.3, -0.25) is 0 Å². The molecule has 0 amide bonds. The van der Waals surface area contributed by atoms with Gasteiger partial charge in [0.2, 0.25) is 0 Å². The summed E-state index contributed by atoms with van der Waals surface area (Å²) < 4.78 is 5.60. The lowest BCUT2D eigenvalue weighted by Crippen LogP contribution is -2.35. The van der Waals surface area contributed by atoms with Gasteiger partial charge in [0.15, 0.2) is 5.75 Å². The molecule has 108 valence electrons. The lowest BCUT2D eigenvalue weighted by Gasteiger charge is -2.19. The second-order valence-electron chi connectivity index (χ2n) is 5.22. The van der Waals surface area contributed by atoms with E-state index in [-0.39, 0.29) is 5.54 Å². The topological polar surface area (TPSA) is 47.0 Å². The van der Waals surface area contributed by atoms with Crippen molar-refractivity contribution >= 4 is 34.5 Å². The zero-order chi connectivity index (χ0) is 14.8. The van der Waals surface area contributed by atoms with Crippen molar-refractivity contribution in [2.45, 2.75) is 32.9 Å². The Hall–Kier alpha value is -0.880. The highest BCUT2D eigenvalue weighted by molar-refractivity contribution is 7.13. The van der Waals surface area contributed by atoms with E-state index in [0.29, 0.717) is 27.5 Å². The van der Waals surface area contributed by atoms with Crippen LogP contribution in [-0.2, 0) is 6.54 Å². The van der Waals surface area contributed by atoms with E-state index in [1.54, 1.807) is 18.2 Å². The molecule has 0 bridgehead atoms. The highest BCUT2D eigenvalue weighted by Crippen LogP contribution is 2.35. The Balaban J connectivity index is 2.04. The van der Waals surface area contributed by atoms with Crippen molar-refractivity contribution in [1.29, 1.82) is 0 Å². The zero-order valence-corrected chi connectivity index (χ0v) is 13.7. The predicted octanol–water partition coefficient (Wildman–Crippen LogP) is 4.53. The Morgan fingerprint density at radius 2 is 2.00 bits per heavy atom. The molecule has 0 unspecified atom stereocenters. The van der Waals surface area contributed by atoms with Crippen LogP contribution in [0.1, 0.15) is 25.8 Å². The Labute approximate surface area is 132 Å². The lowest BCUT2D eigenvalue weighted by molar-refractivity contribution is 0.423. The maximum atomic E-state index is 6.06. The van der Waals surface area contributed by atoms with Crippen LogP contribution in [0.15, 0.2) is 18.2 Å². The maximum absolute atomic E-state index is 6.06. The van der Waals surface area contributed by atoms with Crippen molar-refractivity contribution < 1.29 is 4.74 Å². The van der Waals surface area contributed by atoms with E-state index in [4.69, 9.17) is 27.9 Å². The summed E-state index contributed by atoms with van der Waals surface area (Å²) in [6, 6.07) is 5.21. The monoisotopic (exact) mass is 331 g/mol. The highest BCUT2D eigenvalue weighted by atomic mass is 35.5. The molecule has 2 rings (SSSR count). The number of rotatable bonds is 4. The summed E-state index contributed by atoms with van der Waals surface area (Å²) >= 11 is 13.4. The minimum Gasteiger partial charge on any atom is -0.428 e. The van der Waals surface area contributed by atoms with Crippen molar-refractivity contribution in [2.75, 3.05) is 0 Å². The van der Waals surface area contributed by atoms with Gasteiger partial charge >= 0.3 is 0 Å². The SMILES string of the molecule is CC(C)(C)NCc1nnc(Oc2cccc(Cl)c2Cl)s1. The van der Waals surface area contributed by atoms with Crippen molar-refractivity contribution in [3.8, 4) is 10.9 Å². The second-order valence-corrected chi connectivity index (χ2v) is 7.03. The van der Waals surface area contributed by atoms with Crippen LogP contribution in [-0.4, -0.2) is 15.7 Å². The first-order valence-electron chi connectivity index (χ1n) is 6.04. The quantitative estimate of drug-likeness (QED) is 0.894. The summed E-state index contributed by atoms with van der Waals surface area (Å²) in [4.78, 5) is 0. The van der Waals surface area contributed by atoms with Gasteiger partial charge in [0.25, 0.3) is 5.19 Å². The van der Waals surface area contributed by atoms with E-state index in [0.717, 1.165) is 5.01 Å². The Morgan fingerprint density at radius 1 is 1.25 bits per heavy atom. The Morgan fingerprint density at radius 3 is 2.70 bits per heavy atom. The van der Waals surface area contributed by atoms with Crippen molar-refractivity contribution in [2.24, 2.45) is 0 Å². The molecule has 1 N–H and O–H groups in total. The number of hydrogen-bond acceptors (Lipinski definition) is 5. The van der Waals surface area contributed by atoms with E-state index in [1.807, 2.05) is 0 Å². The number of nitrogens with zero attached hydrogens (tertiary/aromatic N) is 2. The van der Waals surface area contributed by atoms with Crippen molar-refractivity contribution in [1.82, 2.24) is 15.5 Å². The van der Waals surface area contributed by atoms with E-state index >= 15 is 0 Å². The average Bonchev–Trinajstić information content (AvgIpc) is 2.80. The number of aromatic nitrogens is 2. The number of halogens is 2. The van der Waals surface area contributed by atoms with Crippen LogP contribution < -0.4 is 10.1 Å². The molecule has 0 fully saturated rings. The summed E-state index contributed by atoms with van der Waals surface area (Å²) in [6.07, 6.45) is 0. The predicted molar refractivity (Wildman–Crippen MR) is 83.0 cm³/mol. The Bertz CT molecular complexity index is 596. The third-order valence-corrected chi connectivity index (χ3v) is 3.93. The number of nitrogens with one attached hydrogen (secondary N) is 1. The molecular weight excluding hydrogens is 317 g/mol. The fraction of sp³-hybridized carbons (Fsp3) is 0.385. The lowest BCUT2D eigenvalue weighted by atomic mass is 10.1. The number of hydrogen-bond donors (Lipinski definition) is 1. The third-order valence-electron chi connectivity index (χ3n) is 2.33. The van der Waals surface area contributed by atoms with Gasteiger partial charge in [-0.2, -0.15) is 0 Å². The molecule has 0 atom stereocenters. The molecule has 4 nitrogen and oxygen atoms in total. The fourth-order valence-electron chi connectivity index (χ4n) is 1.35. The van der Waals surface area contributed by atoms with E-state index in [9.17, 15) is 0 Å². The molecule has 2 aromatic rings. The van der Waals surface area contributed by atoms with Crippen LogP contribution in [0.5, 0.6) is 10.9 Å². The molecule has 0 saturated heterocycles. The van der Waals surface area contributed by atoms with Gasteiger partial charge in [0.1, 0.15) is 10.0 Å². The molecule has 1 aromatic carbocycles. The summed E-state index contributed by atoms with van der Waals surface area (Å²) in [5, 5.41) is 13.5. The van der Waals surface area contributed by atoms with E-state index in [2.05, 4.69) is 36.3 Å². The van der Waals surface area contributed by atoms with Crippen molar-refractivity contribution in [3.63, 3.8) is 0 Å². The van der Waals surface area contributed by atoms with Crippen LogP contribution in [0.4, 0.5) is 0 Å². The molecule has 7 heteroatoms. The van der Waals surface area contributed by atoms with E-state index < -0.39 is 0 Å². The van der Waals surface area contributed by atoms with Crippen LogP contribution in [0.25, 0.3) is 0 Å². The van der Waals surface area contributed by atoms with Gasteiger partial charge < -0.3 is 10.1 Å². The third kappa shape index (κ3) is 4.31. The highest BCUT2D eigenvalue weighted by Gasteiger charge is 2.13. The van der Waals surface area contributed by atoms with Crippen LogP contribution in [0.2, 0.25) is 10.0 Å². The largest absolute Gasteiger partial charge is 0.428 e. The van der Waals surface area contributed by atoms with Gasteiger partial charge in [-0.15, -0.1) is 5.10 Å². The first-order valence-corrected chi connectivity index (χ1v) is 7.62. The van der Waals surface area contributed by atoms with E-state index in [1.165, 1.54) is 11.3 Å². The molecule has 1 heterocycles. The molecule has 0 aliphatic heterocycles. The molecule has 0 radical (unpaired) electrons. The maximum Gasteiger partial charge on any atom is 0.299 e. The summed E-state index contributed by atoms with van der Waals surface area (Å²) in [5.74, 6) is 0.477. The van der Waals surface area contributed by atoms with Crippen molar-refractivity contribution in [3.05, 3.63) is 33.3 Å². The van der Waals surface area contributed by atoms with Gasteiger partial charge in [0.05, 0.1) is 11.6 Å². The van der Waals surface area contributed by atoms with Crippen LogP contribution in [0, 0.1) is 0 Å². The standard InChI is InChI=1S/C13H15Cl2N3OS/c1-13(2,3)16-7-10-17-18-12(20-10)19-9-6-4-5-8(14)11(9)15/h4-6,16H,7H2,1-3H3. The average molecular weight is 332 g/mol. The van der Waals surface area contributed by atoms with Gasteiger partial charge in [-0.05, 0) is 32.9 Å². The minimum absolute atomic E-state index is 0.0307. The normalized spacial score (nSPS) is 11.7.